The van der Waals surface area contributed by atoms with Crippen LogP contribution in [0.25, 0.3) is 17.0 Å². The van der Waals surface area contributed by atoms with Crippen LogP contribution in [-0.2, 0) is 30.4 Å². The predicted octanol–water partition coefficient (Wildman–Crippen LogP) is 2.27. The molecule has 34 heavy (non-hydrogen) atoms. The molecule has 0 spiro atoms. The minimum atomic E-state index is -0.510. The van der Waals surface area contributed by atoms with Crippen molar-refractivity contribution in [2.45, 2.75) is 25.5 Å². The van der Waals surface area contributed by atoms with E-state index < -0.39 is 5.97 Å². The summed E-state index contributed by atoms with van der Waals surface area (Å²) in [7, 11) is 2.85. The lowest BCUT2D eigenvalue weighted by atomic mass is 10.1. The number of halogens is 1. The summed E-state index contributed by atoms with van der Waals surface area (Å²) in [6.45, 7) is 1.17. The Morgan fingerprint density at radius 2 is 2.15 bits per heavy atom. The molecule has 2 fully saturated rings. The predicted molar refractivity (Wildman–Crippen MR) is 134 cm³/mol. The molecule has 0 aliphatic carbocycles. The quantitative estimate of drug-likeness (QED) is 0.322. The molecule has 0 unspecified atom stereocenters. The first-order chi connectivity index (χ1) is 16.3. The number of hydrogen-bond acceptors (Lipinski definition) is 6. The highest BCUT2D eigenvalue weighted by molar-refractivity contribution is 9.10. The van der Waals surface area contributed by atoms with Gasteiger partial charge in [-0.1, -0.05) is 15.9 Å². The largest absolute Gasteiger partial charge is 0.468 e. The van der Waals surface area contributed by atoms with Crippen molar-refractivity contribution in [3.05, 3.63) is 40.1 Å². The molecule has 2 amide bonds. The number of aromatic nitrogens is 1. The Morgan fingerprint density at radius 1 is 1.35 bits per heavy atom. The Kier molecular flexibility index (Phi) is 7.34. The number of nitrogens with zero attached hydrogens (tertiary/aromatic N) is 3. The minimum Gasteiger partial charge on any atom is -0.468 e. The number of esters is 1. The van der Waals surface area contributed by atoms with Crippen molar-refractivity contribution < 1.29 is 23.9 Å². The third kappa shape index (κ3) is 5.01. The number of thiocarbonyl (C=S) groups is 1. The van der Waals surface area contributed by atoms with Gasteiger partial charge in [-0.25, -0.2) is 0 Å². The Bertz CT molecular complexity index is 1190. The van der Waals surface area contributed by atoms with Crippen LogP contribution in [0, 0.1) is 0 Å². The molecule has 0 radical (unpaired) electrons. The summed E-state index contributed by atoms with van der Waals surface area (Å²) in [5.41, 5.74) is 1.82. The van der Waals surface area contributed by atoms with Gasteiger partial charge in [0.05, 0.1) is 13.2 Å². The van der Waals surface area contributed by atoms with Crippen LogP contribution in [0.4, 0.5) is 0 Å². The first-order valence-electron chi connectivity index (χ1n) is 10.8. The van der Waals surface area contributed by atoms with Crippen molar-refractivity contribution in [1.29, 1.82) is 0 Å². The van der Waals surface area contributed by atoms with Crippen LogP contribution >= 0.6 is 28.1 Å². The second-order valence-corrected chi connectivity index (χ2v) is 9.43. The number of rotatable bonds is 7. The van der Waals surface area contributed by atoms with E-state index in [0.29, 0.717) is 6.54 Å². The van der Waals surface area contributed by atoms with Gasteiger partial charge >= 0.3 is 5.97 Å². The van der Waals surface area contributed by atoms with Gasteiger partial charge < -0.3 is 24.3 Å². The minimum absolute atomic E-state index is 0.0663. The summed E-state index contributed by atoms with van der Waals surface area (Å²) in [5.74, 6) is -0.955. The molecule has 0 saturated carbocycles. The molecule has 180 valence electrons. The number of nitrogens with one attached hydrogen (secondary N) is 1. The summed E-state index contributed by atoms with van der Waals surface area (Å²) in [6.07, 6.45) is 5.54. The van der Waals surface area contributed by atoms with Gasteiger partial charge in [-0.3, -0.25) is 19.3 Å². The zero-order valence-corrected chi connectivity index (χ0v) is 21.3. The highest BCUT2D eigenvalue weighted by Gasteiger charge is 2.37. The van der Waals surface area contributed by atoms with Gasteiger partial charge in [0.2, 0.25) is 5.91 Å². The highest BCUT2D eigenvalue weighted by atomic mass is 79.9. The zero-order chi connectivity index (χ0) is 24.4. The topological polar surface area (TPSA) is 93.1 Å². The van der Waals surface area contributed by atoms with Crippen molar-refractivity contribution in [3.63, 3.8) is 0 Å². The zero-order valence-electron chi connectivity index (χ0n) is 18.9. The van der Waals surface area contributed by atoms with E-state index in [-0.39, 0.29) is 41.8 Å². The van der Waals surface area contributed by atoms with Crippen molar-refractivity contribution in [3.8, 4) is 0 Å². The van der Waals surface area contributed by atoms with Gasteiger partial charge in [-0.05, 0) is 49.3 Å². The summed E-state index contributed by atoms with van der Waals surface area (Å²) in [5, 5.41) is 4.01. The number of amides is 2. The van der Waals surface area contributed by atoms with Crippen molar-refractivity contribution in [2.75, 3.05) is 33.9 Å². The molecular weight excluding hydrogens is 524 g/mol. The van der Waals surface area contributed by atoms with Crippen LogP contribution in [0.2, 0.25) is 0 Å². The van der Waals surface area contributed by atoms with Crippen molar-refractivity contribution >= 4 is 68.0 Å². The van der Waals surface area contributed by atoms with Crippen LogP contribution in [0.15, 0.2) is 34.6 Å². The molecule has 2 aliphatic rings. The average Bonchev–Trinajstić information content (AvgIpc) is 3.50. The number of likely N-dealkylation sites (N-methyl/N-ethyl adjacent to an activating group) is 1. The maximum atomic E-state index is 12.9. The molecule has 2 saturated heterocycles. The standard InChI is InChI=1S/C23H25BrN4O5S/c1-26-22(31)19(28(23(26)34)13-21(30)32-2)8-14-11-27(18-6-5-15(24)9-17(14)18)12-20(29)25-10-16-4-3-7-33-16/h5-6,8-9,11,16H,3-4,7,10,12-13H2,1-2H3,(H,25,29)/b19-8-/t16-/m0/s1. The van der Waals surface area contributed by atoms with E-state index in [9.17, 15) is 14.4 Å². The van der Waals surface area contributed by atoms with Crippen LogP contribution in [0.5, 0.6) is 0 Å². The van der Waals surface area contributed by atoms with Gasteiger partial charge in [-0.2, -0.15) is 0 Å². The molecule has 1 N–H and O–H groups in total. The molecule has 1 aromatic carbocycles. The third-order valence-electron chi connectivity index (χ3n) is 5.88. The lowest BCUT2D eigenvalue weighted by Crippen LogP contribution is -2.34. The van der Waals surface area contributed by atoms with Gasteiger partial charge in [0, 0.05) is 47.3 Å². The molecule has 2 aliphatic heterocycles. The molecule has 9 nitrogen and oxygen atoms in total. The average molecular weight is 549 g/mol. The highest BCUT2D eigenvalue weighted by Crippen LogP contribution is 2.30. The van der Waals surface area contributed by atoms with Gasteiger partial charge in [-0.15, -0.1) is 0 Å². The second-order valence-electron chi connectivity index (χ2n) is 8.15. The smallest absolute Gasteiger partial charge is 0.325 e. The lowest BCUT2D eigenvalue weighted by Gasteiger charge is -2.16. The number of fused-ring (bicyclic) bond motifs is 1. The number of carbonyl (C=O) groups excluding carboxylic acids is 3. The summed E-state index contributed by atoms with van der Waals surface area (Å²) in [6, 6.07) is 5.73. The third-order valence-corrected chi connectivity index (χ3v) is 6.87. The first kappa shape index (κ1) is 24.4. The van der Waals surface area contributed by atoms with E-state index in [2.05, 4.69) is 21.2 Å². The fourth-order valence-corrected chi connectivity index (χ4v) is 4.68. The Hall–Kier alpha value is -2.76. The number of benzene rings is 1. The fraction of sp³-hybridized carbons (Fsp3) is 0.391. The van der Waals surface area contributed by atoms with Crippen molar-refractivity contribution in [2.24, 2.45) is 0 Å². The van der Waals surface area contributed by atoms with Crippen LogP contribution in [0.1, 0.15) is 18.4 Å². The van der Waals surface area contributed by atoms with Crippen LogP contribution < -0.4 is 5.32 Å². The molecule has 2 aromatic rings. The van der Waals surface area contributed by atoms with Crippen LogP contribution in [0.3, 0.4) is 0 Å². The summed E-state index contributed by atoms with van der Waals surface area (Å²) >= 11 is 8.86. The second kappa shape index (κ2) is 10.2. The van der Waals surface area contributed by atoms with E-state index >= 15 is 0 Å². The molecular formula is C23H25BrN4O5S. The van der Waals surface area contributed by atoms with Crippen molar-refractivity contribution in [1.82, 2.24) is 19.7 Å². The Labute approximate surface area is 210 Å². The van der Waals surface area contributed by atoms with E-state index in [1.54, 1.807) is 13.1 Å². The SMILES string of the molecule is COC(=O)CN1C(=S)N(C)C(=O)/C1=C/c1cn(CC(=O)NC[C@@H]2CCCO2)c2ccc(Br)cc12. The molecule has 0 bridgehead atoms. The molecule has 1 atom stereocenters. The van der Waals surface area contributed by atoms with Gasteiger partial charge in [0.15, 0.2) is 5.11 Å². The number of ether oxygens (including phenoxy) is 2. The lowest BCUT2D eigenvalue weighted by molar-refractivity contribution is -0.140. The Morgan fingerprint density at radius 3 is 2.85 bits per heavy atom. The summed E-state index contributed by atoms with van der Waals surface area (Å²) in [4.78, 5) is 40.2. The van der Waals surface area contributed by atoms with Crippen LogP contribution in [-0.4, -0.2) is 77.2 Å². The number of carbonyl (C=O) groups is 3. The maximum absolute atomic E-state index is 12.9. The molecule has 1 aromatic heterocycles. The van der Waals surface area contributed by atoms with E-state index in [0.717, 1.165) is 40.4 Å². The maximum Gasteiger partial charge on any atom is 0.325 e. The molecule has 3 heterocycles. The first-order valence-corrected chi connectivity index (χ1v) is 12.0. The number of methoxy groups -OCH3 is 1. The van der Waals surface area contributed by atoms with E-state index in [1.807, 2.05) is 29.0 Å². The van der Waals surface area contributed by atoms with E-state index in [4.69, 9.17) is 21.7 Å². The normalized spacial score (nSPS) is 19.5. The fourth-order valence-electron chi connectivity index (χ4n) is 4.08. The molecule has 4 rings (SSSR count). The Balaban J connectivity index is 1.65. The number of hydrogen-bond donors (Lipinski definition) is 1. The van der Waals surface area contributed by atoms with Gasteiger partial charge in [0.1, 0.15) is 18.8 Å². The monoisotopic (exact) mass is 548 g/mol. The molecule has 11 heteroatoms. The van der Waals surface area contributed by atoms with Gasteiger partial charge in [0.25, 0.3) is 5.91 Å². The summed E-state index contributed by atoms with van der Waals surface area (Å²) < 4.78 is 13.0. The van der Waals surface area contributed by atoms with E-state index in [1.165, 1.54) is 16.9 Å².